The second kappa shape index (κ2) is 6.94. The zero-order valence-electron chi connectivity index (χ0n) is 15.3. The van der Waals surface area contributed by atoms with Gasteiger partial charge in [-0.1, -0.05) is 37.3 Å². The number of anilines is 1. The molecule has 136 valence electrons. The first-order valence-electron chi connectivity index (χ1n) is 9.30. The molecular weight excluding hydrogens is 324 g/mol. The number of aromatic nitrogens is 2. The molecule has 2 fully saturated rings. The van der Waals surface area contributed by atoms with Crippen molar-refractivity contribution < 1.29 is 0 Å². The van der Waals surface area contributed by atoms with Crippen LogP contribution in [0.1, 0.15) is 25.3 Å². The first kappa shape index (κ1) is 16.8. The van der Waals surface area contributed by atoms with Crippen LogP contribution in [0, 0.1) is 0 Å². The summed E-state index contributed by atoms with van der Waals surface area (Å²) in [5.74, 6) is 1.47. The Kier molecular flexibility index (Phi) is 4.49. The fourth-order valence-electron chi connectivity index (χ4n) is 4.01. The first-order valence-corrected chi connectivity index (χ1v) is 9.30. The molecule has 6 heteroatoms. The van der Waals surface area contributed by atoms with Gasteiger partial charge in [0.05, 0.1) is 6.04 Å². The second-order valence-electron chi connectivity index (χ2n) is 7.50. The number of hydrogen-bond acceptors (Lipinski definition) is 4. The monoisotopic (exact) mass is 350 g/mol. The average Bonchev–Trinajstić information content (AvgIpc) is 2.68. The van der Waals surface area contributed by atoms with Crippen molar-refractivity contribution in [3.63, 3.8) is 0 Å². The van der Waals surface area contributed by atoms with Crippen LogP contribution in [0.4, 0.5) is 5.95 Å². The molecule has 6 nitrogen and oxygen atoms in total. The van der Waals surface area contributed by atoms with Crippen LogP contribution in [-0.2, 0) is 5.41 Å². The van der Waals surface area contributed by atoms with Crippen LogP contribution in [0.5, 0.6) is 0 Å². The van der Waals surface area contributed by atoms with Gasteiger partial charge in [0.1, 0.15) is 0 Å². The van der Waals surface area contributed by atoms with E-state index >= 15 is 0 Å². The first-order chi connectivity index (χ1) is 12.6. The highest BCUT2D eigenvalue weighted by Crippen LogP contribution is 2.44. The van der Waals surface area contributed by atoms with Crippen molar-refractivity contribution in [1.29, 1.82) is 0 Å². The van der Waals surface area contributed by atoms with Gasteiger partial charge in [-0.25, -0.2) is 15.0 Å². The third-order valence-electron chi connectivity index (χ3n) is 5.60. The van der Waals surface area contributed by atoms with E-state index in [0.29, 0.717) is 12.0 Å². The number of aliphatic imine (C=N–C) groups is 1. The highest BCUT2D eigenvalue weighted by molar-refractivity contribution is 5.78. The maximum Gasteiger partial charge on any atom is 0.225 e. The molecule has 0 radical (unpaired) electrons. The number of nitrogens with two attached hydrogens (primary N) is 1. The second-order valence-corrected chi connectivity index (χ2v) is 7.50. The van der Waals surface area contributed by atoms with E-state index in [0.717, 1.165) is 45.0 Å². The number of hydrogen-bond donors (Lipinski definition) is 1. The Balaban J connectivity index is 1.31. The standard InChI is InChI=1S/C20H26N6/c1-20(16-6-3-2-4-7-16)14-17(15-20)24-18(21)25-10-12-26(13-11-25)19-22-8-5-9-23-19/h2-9,17H,10-15H2,1H3,(H2,21,24). The van der Waals surface area contributed by atoms with Gasteiger partial charge in [-0.15, -0.1) is 0 Å². The van der Waals surface area contributed by atoms with Crippen molar-refractivity contribution in [1.82, 2.24) is 14.9 Å². The molecule has 0 spiro atoms. The fourth-order valence-corrected chi connectivity index (χ4v) is 4.01. The number of nitrogens with zero attached hydrogens (tertiary/aromatic N) is 5. The van der Waals surface area contributed by atoms with Crippen molar-refractivity contribution in [2.45, 2.75) is 31.2 Å². The Hall–Kier alpha value is -2.63. The molecular formula is C20H26N6. The smallest absolute Gasteiger partial charge is 0.225 e. The minimum atomic E-state index is 0.235. The largest absolute Gasteiger partial charge is 0.370 e. The average molecular weight is 350 g/mol. The van der Waals surface area contributed by atoms with Gasteiger partial charge in [0, 0.05) is 38.6 Å². The van der Waals surface area contributed by atoms with Crippen molar-refractivity contribution in [3.8, 4) is 0 Å². The van der Waals surface area contributed by atoms with E-state index in [1.807, 2.05) is 6.07 Å². The van der Waals surface area contributed by atoms with Crippen LogP contribution in [0.15, 0.2) is 53.8 Å². The minimum Gasteiger partial charge on any atom is -0.370 e. The van der Waals surface area contributed by atoms with Gasteiger partial charge in [0.2, 0.25) is 5.95 Å². The van der Waals surface area contributed by atoms with Crippen molar-refractivity contribution in [3.05, 3.63) is 54.4 Å². The molecule has 2 aliphatic rings. The molecule has 1 aromatic carbocycles. The van der Waals surface area contributed by atoms with Crippen molar-refractivity contribution >= 4 is 11.9 Å². The van der Waals surface area contributed by atoms with Gasteiger partial charge in [-0.2, -0.15) is 0 Å². The van der Waals surface area contributed by atoms with Crippen LogP contribution < -0.4 is 10.6 Å². The van der Waals surface area contributed by atoms with Crippen molar-refractivity contribution in [2.75, 3.05) is 31.1 Å². The lowest BCUT2D eigenvalue weighted by atomic mass is 9.63. The lowest BCUT2D eigenvalue weighted by Gasteiger charge is -2.44. The van der Waals surface area contributed by atoms with Crippen LogP contribution >= 0.6 is 0 Å². The maximum absolute atomic E-state index is 6.30. The summed E-state index contributed by atoms with van der Waals surface area (Å²) < 4.78 is 0. The van der Waals surface area contributed by atoms with Crippen LogP contribution in [-0.4, -0.2) is 53.0 Å². The summed E-state index contributed by atoms with van der Waals surface area (Å²) in [5, 5.41) is 0. The lowest BCUT2D eigenvalue weighted by molar-refractivity contribution is 0.226. The number of benzene rings is 1. The summed E-state index contributed by atoms with van der Waals surface area (Å²) in [4.78, 5) is 17.8. The van der Waals surface area contributed by atoms with Crippen LogP contribution in [0.2, 0.25) is 0 Å². The topological polar surface area (TPSA) is 70.6 Å². The Morgan fingerprint density at radius 2 is 1.69 bits per heavy atom. The molecule has 26 heavy (non-hydrogen) atoms. The summed E-state index contributed by atoms with van der Waals surface area (Å²) in [6, 6.07) is 12.9. The minimum absolute atomic E-state index is 0.235. The molecule has 0 atom stereocenters. The van der Waals surface area contributed by atoms with E-state index < -0.39 is 0 Å². The zero-order chi connectivity index (χ0) is 18.0. The van der Waals surface area contributed by atoms with Gasteiger partial charge >= 0.3 is 0 Å². The molecule has 1 saturated carbocycles. The third kappa shape index (κ3) is 3.36. The Labute approximate surface area is 154 Å². The highest BCUT2D eigenvalue weighted by atomic mass is 15.4. The number of rotatable bonds is 3. The molecule has 2 N–H and O–H groups in total. The van der Waals surface area contributed by atoms with E-state index in [-0.39, 0.29) is 5.41 Å². The molecule has 4 rings (SSSR count). The van der Waals surface area contributed by atoms with Gasteiger partial charge in [-0.3, -0.25) is 0 Å². The van der Waals surface area contributed by atoms with Gasteiger partial charge in [0.25, 0.3) is 0 Å². The summed E-state index contributed by atoms with van der Waals surface area (Å²) in [7, 11) is 0. The van der Waals surface area contributed by atoms with E-state index in [1.54, 1.807) is 12.4 Å². The molecule has 2 aromatic rings. The number of guanidine groups is 1. The Morgan fingerprint density at radius 3 is 2.35 bits per heavy atom. The van der Waals surface area contributed by atoms with E-state index in [2.05, 4.69) is 57.0 Å². The predicted octanol–water partition coefficient (Wildman–Crippen LogP) is 2.03. The maximum atomic E-state index is 6.30. The SMILES string of the molecule is CC1(c2ccccc2)CC(N=C(N)N2CCN(c3ncccn3)CC2)C1. The predicted molar refractivity (Wildman–Crippen MR) is 104 cm³/mol. The third-order valence-corrected chi connectivity index (χ3v) is 5.60. The molecule has 0 amide bonds. The molecule has 0 unspecified atom stereocenters. The molecule has 1 aliphatic carbocycles. The molecule has 1 saturated heterocycles. The van der Waals surface area contributed by atoms with E-state index in [1.165, 1.54) is 5.56 Å². The normalized spacial score (nSPS) is 26.5. The fraction of sp³-hybridized carbons (Fsp3) is 0.450. The van der Waals surface area contributed by atoms with E-state index in [9.17, 15) is 0 Å². The number of piperazine rings is 1. The zero-order valence-corrected chi connectivity index (χ0v) is 15.3. The van der Waals surface area contributed by atoms with Gasteiger partial charge in [0.15, 0.2) is 5.96 Å². The van der Waals surface area contributed by atoms with Crippen LogP contribution in [0.3, 0.4) is 0 Å². The summed E-state index contributed by atoms with van der Waals surface area (Å²) in [6.07, 6.45) is 5.70. The molecule has 2 heterocycles. The summed E-state index contributed by atoms with van der Waals surface area (Å²) in [6.45, 7) is 5.77. The summed E-state index contributed by atoms with van der Waals surface area (Å²) in [5.41, 5.74) is 7.94. The van der Waals surface area contributed by atoms with Crippen molar-refractivity contribution in [2.24, 2.45) is 10.7 Å². The van der Waals surface area contributed by atoms with Gasteiger partial charge in [-0.05, 0) is 29.9 Å². The summed E-state index contributed by atoms with van der Waals surface area (Å²) >= 11 is 0. The molecule has 1 aromatic heterocycles. The van der Waals surface area contributed by atoms with Crippen LogP contribution in [0.25, 0.3) is 0 Å². The van der Waals surface area contributed by atoms with E-state index in [4.69, 9.17) is 10.7 Å². The molecule has 0 bridgehead atoms. The quantitative estimate of drug-likeness (QED) is 0.677. The Morgan fingerprint density at radius 1 is 1.04 bits per heavy atom. The highest BCUT2D eigenvalue weighted by Gasteiger charge is 2.41. The Bertz CT molecular complexity index is 746. The molecule has 1 aliphatic heterocycles. The van der Waals surface area contributed by atoms with Gasteiger partial charge < -0.3 is 15.5 Å². The lowest BCUT2D eigenvalue weighted by Crippen LogP contribution is -2.52.